The van der Waals surface area contributed by atoms with Crippen LogP contribution in [0, 0.1) is 5.92 Å². The van der Waals surface area contributed by atoms with Crippen molar-refractivity contribution >= 4 is 21.5 Å². The molecule has 7 nitrogen and oxygen atoms in total. The summed E-state index contributed by atoms with van der Waals surface area (Å²) < 4.78 is 31.0. The second-order valence-electron chi connectivity index (χ2n) is 5.04. The molecule has 0 atom stereocenters. The third kappa shape index (κ3) is 6.63. The molecule has 0 aromatic carbocycles. The smallest absolute Gasteiger partial charge is 0.239 e. The van der Waals surface area contributed by atoms with Crippen LogP contribution in [0.2, 0.25) is 0 Å². The Morgan fingerprint density at radius 1 is 1.38 bits per heavy atom. The number of nitrogens with two attached hydrogens (primary N) is 1. The number of nitrogens with one attached hydrogen (secondary N) is 2. The molecular formula is C13H24N4O3S. The summed E-state index contributed by atoms with van der Waals surface area (Å²) in [5.74, 6) is 1.25. The highest BCUT2D eigenvalue weighted by Gasteiger charge is 2.09. The van der Waals surface area contributed by atoms with Crippen molar-refractivity contribution in [2.45, 2.75) is 20.8 Å². The summed E-state index contributed by atoms with van der Waals surface area (Å²) in [6.07, 6.45) is 0. The molecular weight excluding hydrogens is 292 g/mol. The molecule has 0 unspecified atom stereocenters. The third-order valence-corrected chi connectivity index (χ3v) is 3.95. The van der Waals surface area contributed by atoms with Gasteiger partial charge in [-0.2, -0.15) is 4.98 Å². The van der Waals surface area contributed by atoms with Gasteiger partial charge in [-0.1, -0.05) is 20.8 Å². The molecule has 1 aromatic rings. The number of hydrogen-bond acceptors (Lipinski definition) is 6. The average molecular weight is 316 g/mol. The zero-order chi connectivity index (χ0) is 15.9. The quantitative estimate of drug-likeness (QED) is 0.629. The molecule has 0 saturated heterocycles. The SMILES string of the molecule is CCNS(=O)(=O)CCNc1ccc(N)c(OCC(C)C)n1. The number of sulfonamides is 1. The van der Waals surface area contributed by atoms with E-state index in [1.54, 1.807) is 19.1 Å². The molecule has 120 valence electrons. The van der Waals surface area contributed by atoms with Crippen LogP contribution in [-0.2, 0) is 10.0 Å². The van der Waals surface area contributed by atoms with Crippen LogP contribution >= 0.6 is 0 Å². The molecule has 0 spiro atoms. The molecule has 0 saturated carbocycles. The molecule has 0 fully saturated rings. The Labute approximate surface area is 126 Å². The van der Waals surface area contributed by atoms with Crippen molar-refractivity contribution in [2.75, 3.05) is 36.5 Å². The molecule has 0 amide bonds. The van der Waals surface area contributed by atoms with Crippen LogP contribution in [-0.4, -0.2) is 38.9 Å². The van der Waals surface area contributed by atoms with E-state index < -0.39 is 10.0 Å². The van der Waals surface area contributed by atoms with Crippen molar-refractivity contribution in [2.24, 2.45) is 5.92 Å². The van der Waals surface area contributed by atoms with E-state index >= 15 is 0 Å². The maximum absolute atomic E-state index is 11.5. The summed E-state index contributed by atoms with van der Waals surface area (Å²) in [5.41, 5.74) is 6.25. The van der Waals surface area contributed by atoms with Gasteiger partial charge in [0.05, 0.1) is 18.0 Å². The number of aromatic nitrogens is 1. The first-order chi connectivity index (χ1) is 9.84. The number of ether oxygens (including phenoxy) is 1. The lowest BCUT2D eigenvalue weighted by molar-refractivity contribution is 0.263. The molecule has 21 heavy (non-hydrogen) atoms. The largest absolute Gasteiger partial charge is 0.476 e. The van der Waals surface area contributed by atoms with Crippen LogP contribution in [0.25, 0.3) is 0 Å². The van der Waals surface area contributed by atoms with E-state index in [9.17, 15) is 8.42 Å². The summed E-state index contributed by atoms with van der Waals surface area (Å²) >= 11 is 0. The van der Waals surface area contributed by atoms with E-state index in [0.717, 1.165) is 0 Å². The van der Waals surface area contributed by atoms with Gasteiger partial charge in [0.2, 0.25) is 15.9 Å². The molecule has 8 heteroatoms. The monoisotopic (exact) mass is 316 g/mol. The van der Waals surface area contributed by atoms with Gasteiger partial charge in [-0.15, -0.1) is 0 Å². The number of nitrogen functional groups attached to an aromatic ring is 1. The Bertz CT molecular complexity index is 546. The predicted octanol–water partition coefficient (Wildman–Crippen LogP) is 1.05. The van der Waals surface area contributed by atoms with Gasteiger partial charge in [0.15, 0.2) is 0 Å². The summed E-state index contributed by atoms with van der Waals surface area (Å²) in [5, 5.41) is 2.95. The van der Waals surface area contributed by atoms with Crippen LogP contribution < -0.4 is 20.5 Å². The Kier molecular flexibility index (Phi) is 6.70. The Balaban J connectivity index is 2.58. The number of hydrogen-bond donors (Lipinski definition) is 3. The zero-order valence-corrected chi connectivity index (χ0v) is 13.5. The summed E-state index contributed by atoms with van der Waals surface area (Å²) in [6, 6.07) is 3.38. The highest BCUT2D eigenvalue weighted by molar-refractivity contribution is 7.89. The minimum Gasteiger partial charge on any atom is -0.476 e. The minimum absolute atomic E-state index is 0.0188. The molecule has 1 heterocycles. The maximum Gasteiger partial charge on any atom is 0.239 e. The first-order valence-corrected chi connectivity index (χ1v) is 8.59. The molecule has 1 rings (SSSR count). The van der Waals surface area contributed by atoms with Gasteiger partial charge >= 0.3 is 0 Å². The predicted molar refractivity (Wildman–Crippen MR) is 84.9 cm³/mol. The van der Waals surface area contributed by atoms with E-state index in [1.165, 1.54) is 0 Å². The van der Waals surface area contributed by atoms with E-state index in [-0.39, 0.29) is 12.3 Å². The lowest BCUT2D eigenvalue weighted by atomic mass is 10.2. The van der Waals surface area contributed by atoms with Crippen LogP contribution in [0.5, 0.6) is 5.88 Å². The van der Waals surface area contributed by atoms with E-state index in [2.05, 4.69) is 15.0 Å². The van der Waals surface area contributed by atoms with Crippen molar-refractivity contribution in [3.8, 4) is 5.88 Å². The maximum atomic E-state index is 11.5. The van der Waals surface area contributed by atoms with Gasteiger partial charge in [-0.05, 0) is 18.1 Å². The Morgan fingerprint density at radius 3 is 2.71 bits per heavy atom. The van der Waals surface area contributed by atoms with Crippen LogP contribution in [0.4, 0.5) is 11.5 Å². The van der Waals surface area contributed by atoms with E-state index in [0.29, 0.717) is 36.5 Å². The molecule has 1 aromatic heterocycles. The fourth-order valence-corrected chi connectivity index (χ4v) is 2.47. The highest BCUT2D eigenvalue weighted by atomic mass is 32.2. The number of nitrogens with zero attached hydrogens (tertiary/aromatic N) is 1. The standard InChI is InChI=1S/C13H24N4O3S/c1-4-16-21(18,19)8-7-15-12-6-5-11(14)13(17-12)20-9-10(2)3/h5-6,10,16H,4,7-9,14H2,1-3H3,(H,15,17). The van der Waals surface area contributed by atoms with Gasteiger partial charge in [0.25, 0.3) is 0 Å². The van der Waals surface area contributed by atoms with Gasteiger partial charge < -0.3 is 15.8 Å². The van der Waals surface area contributed by atoms with Crippen molar-refractivity contribution in [3.05, 3.63) is 12.1 Å². The van der Waals surface area contributed by atoms with Gasteiger partial charge in [-0.3, -0.25) is 0 Å². The minimum atomic E-state index is -3.24. The molecule has 0 aliphatic rings. The third-order valence-electron chi connectivity index (χ3n) is 2.48. The zero-order valence-electron chi connectivity index (χ0n) is 12.7. The molecule has 0 bridgehead atoms. The summed E-state index contributed by atoms with van der Waals surface area (Å²) in [7, 11) is -3.24. The van der Waals surface area contributed by atoms with Gasteiger partial charge in [0, 0.05) is 13.1 Å². The summed E-state index contributed by atoms with van der Waals surface area (Å²) in [6.45, 7) is 6.97. The summed E-state index contributed by atoms with van der Waals surface area (Å²) in [4.78, 5) is 4.24. The fraction of sp³-hybridized carbons (Fsp3) is 0.615. The lowest BCUT2D eigenvalue weighted by Gasteiger charge is -2.12. The van der Waals surface area contributed by atoms with Crippen LogP contribution in [0.15, 0.2) is 12.1 Å². The van der Waals surface area contributed by atoms with E-state index in [4.69, 9.17) is 10.5 Å². The van der Waals surface area contributed by atoms with Crippen molar-refractivity contribution < 1.29 is 13.2 Å². The number of pyridine rings is 1. The van der Waals surface area contributed by atoms with Crippen LogP contribution in [0.3, 0.4) is 0 Å². The van der Waals surface area contributed by atoms with Crippen LogP contribution in [0.1, 0.15) is 20.8 Å². The fourth-order valence-electron chi connectivity index (χ4n) is 1.52. The van der Waals surface area contributed by atoms with E-state index in [1.807, 2.05) is 13.8 Å². The molecule has 0 aliphatic heterocycles. The first-order valence-electron chi connectivity index (χ1n) is 6.94. The number of anilines is 2. The highest BCUT2D eigenvalue weighted by Crippen LogP contribution is 2.21. The van der Waals surface area contributed by atoms with Crippen molar-refractivity contribution in [1.82, 2.24) is 9.71 Å². The average Bonchev–Trinajstić information content (AvgIpc) is 2.38. The van der Waals surface area contributed by atoms with Gasteiger partial charge in [0.1, 0.15) is 5.82 Å². The second kappa shape index (κ2) is 8.04. The molecule has 0 radical (unpaired) electrons. The normalized spacial score (nSPS) is 11.6. The van der Waals surface area contributed by atoms with Crippen molar-refractivity contribution in [1.29, 1.82) is 0 Å². The lowest BCUT2D eigenvalue weighted by Crippen LogP contribution is -2.29. The topological polar surface area (TPSA) is 106 Å². The van der Waals surface area contributed by atoms with Crippen molar-refractivity contribution in [3.63, 3.8) is 0 Å². The van der Waals surface area contributed by atoms with Gasteiger partial charge in [-0.25, -0.2) is 13.1 Å². The molecule has 0 aliphatic carbocycles. The number of rotatable bonds is 9. The Morgan fingerprint density at radius 2 is 2.10 bits per heavy atom. The second-order valence-corrected chi connectivity index (χ2v) is 6.97. The Hall–Kier alpha value is -1.54. The first kappa shape index (κ1) is 17.5. The molecule has 4 N–H and O–H groups in total.